The first kappa shape index (κ1) is 21.7. The number of halogens is 3. The van der Waals surface area contributed by atoms with Crippen LogP contribution in [0.15, 0.2) is 60.8 Å². The fourth-order valence-electron chi connectivity index (χ4n) is 3.93. The van der Waals surface area contributed by atoms with Gasteiger partial charge in [0.25, 0.3) is 5.91 Å². The van der Waals surface area contributed by atoms with Gasteiger partial charge in [-0.1, -0.05) is 42.5 Å². The van der Waals surface area contributed by atoms with Crippen molar-refractivity contribution in [2.75, 3.05) is 19.5 Å². The summed E-state index contributed by atoms with van der Waals surface area (Å²) in [6.07, 6.45) is -3.56. The van der Waals surface area contributed by atoms with E-state index in [4.69, 9.17) is 4.74 Å². The van der Waals surface area contributed by atoms with Crippen molar-refractivity contribution in [2.45, 2.75) is 31.2 Å². The molecule has 32 heavy (non-hydrogen) atoms. The Bertz CT molecular complexity index is 1100. The highest BCUT2D eigenvalue weighted by molar-refractivity contribution is 5.98. The van der Waals surface area contributed by atoms with Crippen LogP contribution in [-0.4, -0.2) is 40.9 Å². The maximum Gasteiger partial charge on any atom is 0.410 e. The van der Waals surface area contributed by atoms with Crippen LogP contribution in [0.1, 0.15) is 40.0 Å². The van der Waals surface area contributed by atoms with Gasteiger partial charge in [-0.3, -0.25) is 4.79 Å². The van der Waals surface area contributed by atoms with Gasteiger partial charge in [-0.05, 0) is 23.3 Å². The highest BCUT2D eigenvalue weighted by Crippen LogP contribution is 2.44. The number of fused-ring (bicyclic) bond motifs is 1. The molecule has 0 radical (unpaired) electrons. The van der Waals surface area contributed by atoms with Crippen molar-refractivity contribution in [2.24, 2.45) is 0 Å². The molecule has 0 spiro atoms. The highest BCUT2D eigenvalue weighted by Gasteiger charge is 2.47. The van der Waals surface area contributed by atoms with Crippen LogP contribution < -0.4 is 10.1 Å². The molecule has 0 fully saturated rings. The first-order chi connectivity index (χ1) is 15.3. The number of amides is 1. The van der Waals surface area contributed by atoms with Crippen molar-refractivity contribution in [3.05, 3.63) is 77.5 Å². The third-order valence-electron chi connectivity index (χ3n) is 5.57. The minimum absolute atomic E-state index is 0.0660. The van der Waals surface area contributed by atoms with Crippen LogP contribution in [0.25, 0.3) is 0 Å². The van der Waals surface area contributed by atoms with Gasteiger partial charge in [0.05, 0.1) is 19.3 Å². The number of methoxy groups -OCH3 is 1. The average Bonchev–Trinajstić information content (AvgIpc) is 3.21. The first-order valence-electron chi connectivity index (χ1n) is 10.1. The van der Waals surface area contributed by atoms with Gasteiger partial charge in [0, 0.05) is 20.0 Å². The zero-order chi connectivity index (χ0) is 22.9. The van der Waals surface area contributed by atoms with E-state index in [1.54, 1.807) is 31.3 Å². The Kier molecular flexibility index (Phi) is 5.82. The number of ether oxygens (including phenoxy) is 1. The molecule has 168 valence electrons. The summed E-state index contributed by atoms with van der Waals surface area (Å²) in [6.45, 7) is 0.326. The Morgan fingerprint density at radius 3 is 2.66 bits per heavy atom. The summed E-state index contributed by atoms with van der Waals surface area (Å²) in [5.74, 6) is 0.206. The standard InChI is InChI=1S/C23H23F3N4O2/c1-29(14-15-7-4-3-5-8-15)22(31)18-13-27-30-20(23(24,25)26)12-19(28-21(18)30)16-9-6-10-17(11-16)32-2/h3-11,13,19-20,28H,12,14H2,1-2H3/t19-,20+/m1/s1. The average molecular weight is 444 g/mol. The second-order valence-electron chi connectivity index (χ2n) is 7.76. The van der Waals surface area contributed by atoms with Crippen LogP contribution in [0.3, 0.4) is 0 Å². The molecule has 2 atom stereocenters. The van der Waals surface area contributed by atoms with Gasteiger partial charge in [0.15, 0.2) is 6.04 Å². The molecule has 1 amide bonds. The second kappa shape index (κ2) is 8.57. The maximum atomic E-state index is 13.9. The highest BCUT2D eigenvalue weighted by atomic mass is 19.4. The van der Waals surface area contributed by atoms with Gasteiger partial charge in [0.2, 0.25) is 0 Å². The summed E-state index contributed by atoms with van der Waals surface area (Å²) in [4.78, 5) is 14.6. The predicted molar refractivity (Wildman–Crippen MR) is 114 cm³/mol. The largest absolute Gasteiger partial charge is 0.497 e. The molecule has 0 unspecified atom stereocenters. The van der Waals surface area contributed by atoms with Gasteiger partial charge in [0.1, 0.15) is 17.1 Å². The number of hydrogen-bond acceptors (Lipinski definition) is 4. The number of alkyl halides is 3. The Hall–Kier alpha value is -3.49. The molecule has 6 nitrogen and oxygen atoms in total. The van der Waals surface area contributed by atoms with Crippen molar-refractivity contribution < 1.29 is 22.7 Å². The number of rotatable bonds is 5. The molecule has 0 bridgehead atoms. The zero-order valence-corrected chi connectivity index (χ0v) is 17.6. The van der Waals surface area contributed by atoms with Crippen molar-refractivity contribution >= 4 is 11.7 Å². The summed E-state index contributed by atoms with van der Waals surface area (Å²) in [7, 11) is 3.11. The monoisotopic (exact) mass is 444 g/mol. The Morgan fingerprint density at radius 2 is 1.97 bits per heavy atom. The number of anilines is 1. The number of hydrogen-bond donors (Lipinski definition) is 1. The van der Waals surface area contributed by atoms with Crippen LogP contribution in [0.5, 0.6) is 5.75 Å². The van der Waals surface area contributed by atoms with Gasteiger partial charge in [-0.2, -0.15) is 18.3 Å². The van der Waals surface area contributed by atoms with E-state index in [-0.39, 0.29) is 17.8 Å². The molecular weight excluding hydrogens is 421 g/mol. The molecule has 1 aromatic heterocycles. The predicted octanol–water partition coefficient (Wildman–Crippen LogP) is 4.82. The number of nitrogens with zero attached hydrogens (tertiary/aromatic N) is 3. The maximum absolute atomic E-state index is 13.9. The minimum atomic E-state index is -4.52. The smallest absolute Gasteiger partial charge is 0.410 e. The number of benzene rings is 2. The number of carbonyl (C=O) groups excluding carboxylic acids is 1. The van der Waals surface area contributed by atoms with Crippen molar-refractivity contribution in [3.63, 3.8) is 0 Å². The fraction of sp³-hybridized carbons (Fsp3) is 0.304. The molecule has 0 saturated carbocycles. The third-order valence-corrected chi connectivity index (χ3v) is 5.57. The van der Waals surface area contributed by atoms with Gasteiger partial charge in [-0.25, -0.2) is 4.68 Å². The number of nitrogens with one attached hydrogen (secondary N) is 1. The lowest BCUT2D eigenvalue weighted by molar-refractivity contribution is -0.173. The summed E-state index contributed by atoms with van der Waals surface area (Å²) in [5, 5.41) is 7.05. The van der Waals surface area contributed by atoms with Crippen LogP contribution in [-0.2, 0) is 6.54 Å². The molecule has 0 saturated heterocycles. The van der Waals surface area contributed by atoms with E-state index < -0.39 is 24.2 Å². The molecule has 0 aliphatic carbocycles. The third kappa shape index (κ3) is 4.28. The summed E-state index contributed by atoms with van der Waals surface area (Å²) in [5.41, 5.74) is 1.66. The fourth-order valence-corrected chi connectivity index (χ4v) is 3.93. The first-order valence-corrected chi connectivity index (χ1v) is 10.1. The minimum Gasteiger partial charge on any atom is -0.497 e. The molecule has 4 rings (SSSR count). The Morgan fingerprint density at radius 1 is 1.22 bits per heavy atom. The van der Waals surface area contributed by atoms with Gasteiger partial charge < -0.3 is 15.0 Å². The van der Waals surface area contributed by atoms with E-state index >= 15 is 0 Å². The SMILES string of the molecule is COc1cccc([C@H]2C[C@@H](C(F)(F)F)n3ncc(C(=O)N(C)Cc4ccccc4)c3N2)c1. The van der Waals surface area contributed by atoms with Crippen molar-refractivity contribution in [1.82, 2.24) is 14.7 Å². The topological polar surface area (TPSA) is 59.4 Å². The Labute approximate surface area is 183 Å². The molecule has 9 heteroatoms. The van der Waals surface area contributed by atoms with E-state index in [2.05, 4.69) is 10.4 Å². The summed E-state index contributed by atoms with van der Waals surface area (Å²) < 4.78 is 47.8. The van der Waals surface area contributed by atoms with E-state index in [0.29, 0.717) is 17.9 Å². The van der Waals surface area contributed by atoms with E-state index in [1.807, 2.05) is 30.3 Å². The Balaban J connectivity index is 1.67. The van der Waals surface area contributed by atoms with Crippen LogP contribution in [0.4, 0.5) is 19.0 Å². The number of aromatic nitrogens is 2. The van der Waals surface area contributed by atoms with Gasteiger partial charge >= 0.3 is 6.18 Å². The van der Waals surface area contributed by atoms with Crippen LogP contribution in [0, 0.1) is 0 Å². The second-order valence-corrected chi connectivity index (χ2v) is 7.76. The van der Waals surface area contributed by atoms with Gasteiger partial charge in [-0.15, -0.1) is 0 Å². The summed E-state index contributed by atoms with van der Waals surface area (Å²) in [6, 6.07) is 13.7. The van der Waals surface area contributed by atoms with Crippen LogP contribution >= 0.6 is 0 Å². The summed E-state index contributed by atoms with van der Waals surface area (Å²) >= 11 is 0. The molecular formula is C23H23F3N4O2. The van der Waals surface area contributed by atoms with Crippen molar-refractivity contribution in [1.29, 1.82) is 0 Å². The van der Waals surface area contributed by atoms with Crippen molar-refractivity contribution in [3.8, 4) is 5.75 Å². The molecule has 3 aromatic rings. The lowest BCUT2D eigenvalue weighted by atomic mass is 9.96. The normalized spacial score (nSPS) is 17.9. The molecule has 1 N–H and O–H groups in total. The molecule has 2 heterocycles. The zero-order valence-electron chi connectivity index (χ0n) is 17.6. The molecule has 2 aromatic carbocycles. The lowest BCUT2D eigenvalue weighted by Gasteiger charge is -2.34. The quantitative estimate of drug-likeness (QED) is 0.613. The molecule has 1 aliphatic rings. The van der Waals surface area contributed by atoms with E-state index in [9.17, 15) is 18.0 Å². The van der Waals surface area contributed by atoms with E-state index in [0.717, 1.165) is 10.2 Å². The lowest BCUT2D eigenvalue weighted by Crippen LogP contribution is -2.36. The van der Waals surface area contributed by atoms with Crippen LogP contribution in [0.2, 0.25) is 0 Å². The van der Waals surface area contributed by atoms with E-state index in [1.165, 1.54) is 18.2 Å². The molecule has 1 aliphatic heterocycles. The number of carbonyl (C=O) groups is 1.